The maximum absolute atomic E-state index is 12.7. The van der Waals surface area contributed by atoms with E-state index in [4.69, 9.17) is 34.8 Å². The molecule has 0 saturated heterocycles. The number of pyridine rings is 1. The molecule has 0 fully saturated rings. The van der Waals surface area contributed by atoms with Gasteiger partial charge in [-0.2, -0.15) is 13.2 Å². The minimum Gasteiger partial charge on any atom is -0.298 e. The fraction of sp³-hybridized carbons (Fsp3) is 0.0769. The van der Waals surface area contributed by atoms with Gasteiger partial charge in [-0.3, -0.25) is 4.79 Å². The molecule has 1 heterocycles. The van der Waals surface area contributed by atoms with Crippen LogP contribution in [-0.2, 0) is 6.18 Å². The van der Waals surface area contributed by atoms with Crippen LogP contribution >= 0.6 is 34.8 Å². The molecule has 0 bridgehead atoms. The second-order valence-electron chi connectivity index (χ2n) is 4.00. The summed E-state index contributed by atoms with van der Waals surface area (Å²) in [5.74, 6) is 0. The first-order chi connectivity index (χ1) is 9.74. The molecule has 21 heavy (non-hydrogen) atoms. The summed E-state index contributed by atoms with van der Waals surface area (Å²) in [6.45, 7) is 0. The minimum absolute atomic E-state index is 0.0162. The Morgan fingerprint density at radius 3 is 2.10 bits per heavy atom. The Balaban J connectivity index is 2.69. The van der Waals surface area contributed by atoms with Crippen LogP contribution < -0.4 is 0 Å². The molecule has 2 nitrogen and oxygen atoms in total. The quantitative estimate of drug-likeness (QED) is 0.523. The number of hydrogen-bond donors (Lipinski definition) is 0. The third kappa shape index (κ3) is 3.31. The molecule has 1 aromatic carbocycles. The Labute approximate surface area is 132 Å². The summed E-state index contributed by atoms with van der Waals surface area (Å²) in [6, 6.07) is 4.36. The Morgan fingerprint density at radius 2 is 1.62 bits per heavy atom. The smallest absolute Gasteiger partial charge is 0.298 e. The highest BCUT2D eigenvalue weighted by atomic mass is 35.5. The van der Waals surface area contributed by atoms with Crippen molar-refractivity contribution in [3.63, 3.8) is 0 Å². The Hall–Kier alpha value is -1.30. The van der Waals surface area contributed by atoms with E-state index < -0.39 is 11.9 Å². The molecule has 0 amide bonds. The fourth-order valence-corrected chi connectivity index (χ4v) is 2.24. The number of carbonyl (C=O) groups excluding carboxylic acids is 1. The molecule has 0 saturated carbocycles. The van der Waals surface area contributed by atoms with E-state index in [9.17, 15) is 18.0 Å². The predicted molar refractivity (Wildman–Crippen MR) is 75.1 cm³/mol. The van der Waals surface area contributed by atoms with Crippen molar-refractivity contribution in [3.05, 3.63) is 50.6 Å². The van der Waals surface area contributed by atoms with Gasteiger partial charge in [-0.15, -0.1) is 0 Å². The molecule has 110 valence electrons. The normalized spacial score (nSPS) is 11.5. The second kappa shape index (κ2) is 5.83. The zero-order valence-corrected chi connectivity index (χ0v) is 12.3. The Morgan fingerprint density at radius 1 is 1.05 bits per heavy atom. The molecule has 2 aromatic rings. The number of aromatic nitrogens is 1. The molecule has 0 unspecified atom stereocenters. The van der Waals surface area contributed by atoms with E-state index in [1.165, 1.54) is 12.1 Å². The first-order valence-corrected chi connectivity index (χ1v) is 6.55. The third-order valence-electron chi connectivity index (χ3n) is 2.60. The monoisotopic (exact) mass is 353 g/mol. The van der Waals surface area contributed by atoms with E-state index >= 15 is 0 Å². The van der Waals surface area contributed by atoms with Crippen LogP contribution in [0.5, 0.6) is 0 Å². The van der Waals surface area contributed by atoms with Crippen LogP contribution in [0.15, 0.2) is 24.3 Å². The molecule has 0 aliphatic heterocycles. The summed E-state index contributed by atoms with van der Waals surface area (Å²) < 4.78 is 38.2. The molecule has 0 spiro atoms. The molecule has 1 aromatic heterocycles. The number of carbonyl (C=O) groups is 1. The molecular formula is C13H5Cl3F3NO. The van der Waals surface area contributed by atoms with Crippen LogP contribution in [0.1, 0.15) is 16.1 Å². The fourth-order valence-electron chi connectivity index (χ4n) is 1.65. The molecule has 8 heteroatoms. The van der Waals surface area contributed by atoms with E-state index in [-0.39, 0.29) is 31.9 Å². The molecule has 2 rings (SSSR count). The van der Waals surface area contributed by atoms with E-state index in [1.54, 1.807) is 0 Å². The van der Waals surface area contributed by atoms with Crippen molar-refractivity contribution in [2.45, 2.75) is 6.18 Å². The average Bonchev–Trinajstić information content (AvgIpc) is 2.42. The van der Waals surface area contributed by atoms with Crippen molar-refractivity contribution in [3.8, 4) is 11.3 Å². The number of rotatable bonds is 2. The molecule has 0 aliphatic rings. The van der Waals surface area contributed by atoms with Crippen LogP contribution in [-0.4, -0.2) is 11.3 Å². The SMILES string of the molecule is O=Cc1ccc(C(F)(F)F)nc1-c1cc(Cl)c(Cl)c(Cl)c1. The predicted octanol–water partition coefficient (Wildman–Crippen LogP) is 5.54. The van der Waals surface area contributed by atoms with Crippen LogP contribution in [0.25, 0.3) is 11.3 Å². The van der Waals surface area contributed by atoms with Crippen molar-refractivity contribution in [1.29, 1.82) is 0 Å². The van der Waals surface area contributed by atoms with Gasteiger partial charge in [0, 0.05) is 11.1 Å². The summed E-state index contributed by atoms with van der Waals surface area (Å²) in [5, 5.41) is 0.173. The standard InChI is InChI=1S/C13H5Cl3F3NO/c14-8-3-7(4-9(15)11(8)16)12-6(5-21)1-2-10(20-12)13(17,18)19/h1-5H. The van der Waals surface area contributed by atoms with Crippen LogP contribution in [0.2, 0.25) is 15.1 Å². The lowest BCUT2D eigenvalue weighted by atomic mass is 10.1. The molecular weight excluding hydrogens is 350 g/mol. The van der Waals surface area contributed by atoms with Gasteiger partial charge < -0.3 is 0 Å². The third-order valence-corrected chi connectivity index (χ3v) is 3.80. The zero-order valence-electron chi connectivity index (χ0n) is 10.0. The molecule has 0 atom stereocenters. The van der Waals surface area contributed by atoms with Crippen molar-refractivity contribution >= 4 is 41.1 Å². The van der Waals surface area contributed by atoms with Gasteiger partial charge in [-0.1, -0.05) is 34.8 Å². The first-order valence-electron chi connectivity index (χ1n) is 5.42. The number of nitrogens with zero attached hydrogens (tertiary/aromatic N) is 1. The van der Waals surface area contributed by atoms with Gasteiger partial charge in [-0.05, 0) is 24.3 Å². The van der Waals surface area contributed by atoms with Crippen LogP contribution in [0.3, 0.4) is 0 Å². The lowest BCUT2D eigenvalue weighted by molar-refractivity contribution is -0.141. The van der Waals surface area contributed by atoms with E-state index in [0.29, 0.717) is 6.29 Å². The first kappa shape index (κ1) is 16.1. The summed E-state index contributed by atoms with van der Waals surface area (Å²) in [4.78, 5) is 14.5. The molecule has 0 aliphatic carbocycles. The van der Waals surface area contributed by atoms with Crippen LogP contribution in [0, 0.1) is 0 Å². The van der Waals surface area contributed by atoms with Crippen molar-refractivity contribution in [1.82, 2.24) is 4.98 Å². The van der Waals surface area contributed by atoms with Crippen LogP contribution in [0.4, 0.5) is 13.2 Å². The minimum atomic E-state index is -4.63. The van der Waals surface area contributed by atoms with Gasteiger partial charge in [0.2, 0.25) is 0 Å². The van der Waals surface area contributed by atoms with Gasteiger partial charge >= 0.3 is 6.18 Å². The summed E-state index contributed by atoms with van der Waals surface area (Å²) >= 11 is 17.5. The van der Waals surface area contributed by atoms with Crippen molar-refractivity contribution in [2.75, 3.05) is 0 Å². The van der Waals surface area contributed by atoms with E-state index in [1.807, 2.05) is 0 Å². The molecule has 0 N–H and O–H groups in total. The van der Waals surface area contributed by atoms with Crippen molar-refractivity contribution < 1.29 is 18.0 Å². The topological polar surface area (TPSA) is 30.0 Å². The Kier molecular flexibility index (Phi) is 4.46. The van der Waals surface area contributed by atoms with Gasteiger partial charge in [0.05, 0.1) is 20.8 Å². The second-order valence-corrected chi connectivity index (χ2v) is 5.20. The highest BCUT2D eigenvalue weighted by molar-refractivity contribution is 6.48. The van der Waals surface area contributed by atoms with Gasteiger partial charge in [0.25, 0.3) is 0 Å². The lowest BCUT2D eigenvalue weighted by Crippen LogP contribution is -2.09. The number of benzene rings is 1. The maximum atomic E-state index is 12.7. The highest BCUT2D eigenvalue weighted by Crippen LogP contribution is 2.36. The Bertz CT molecular complexity index is 693. The number of hydrogen-bond acceptors (Lipinski definition) is 2. The number of aldehydes is 1. The number of alkyl halides is 3. The summed E-state index contributed by atoms with van der Waals surface area (Å²) in [6.07, 6.45) is -4.23. The lowest BCUT2D eigenvalue weighted by Gasteiger charge is -2.11. The average molecular weight is 355 g/mol. The number of halogens is 6. The summed E-state index contributed by atoms with van der Waals surface area (Å²) in [5.41, 5.74) is -1.13. The maximum Gasteiger partial charge on any atom is 0.433 e. The largest absolute Gasteiger partial charge is 0.433 e. The van der Waals surface area contributed by atoms with Crippen molar-refractivity contribution in [2.24, 2.45) is 0 Å². The zero-order chi connectivity index (χ0) is 15.8. The highest BCUT2D eigenvalue weighted by Gasteiger charge is 2.33. The van der Waals surface area contributed by atoms with Gasteiger partial charge in [0.15, 0.2) is 6.29 Å². The molecule has 0 radical (unpaired) electrons. The van der Waals surface area contributed by atoms with E-state index in [0.717, 1.165) is 12.1 Å². The van der Waals surface area contributed by atoms with E-state index in [2.05, 4.69) is 4.98 Å². The van der Waals surface area contributed by atoms with Gasteiger partial charge in [0.1, 0.15) is 5.69 Å². The summed E-state index contributed by atoms with van der Waals surface area (Å²) in [7, 11) is 0. The van der Waals surface area contributed by atoms with Gasteiger partial charge in [-0.25, -0.2) is 4.98 Å².